The van der Waals surface area contributed by atoms with Gasteiger partial charge in [0.15, 0.2) is 0 Å². The van der Waals surface area contributed by atoms with Crippen LogP contribution in [0.3, 0.4) is 0 Å². The average molecular weight is 244 g/mol. The molecule has 2 nitrogen and oxygen atoms in total. The molecule has 0 aliphatic carbocycles. The molecule has 0 fully saturated rings. The van der Waals surface area contributed by atoms with Gasteiger partial charge in [-0.25, -0.2) is 0 Å². The van der Waals surface area contributed by atoms with Crippen LogP contribution in [0.5, 0.6) is 0 Å². The van der Waals surface area contributed by atoms with Gasteiger partial charge in [0.25, 0.3) is 0 Å². The summed E-state index contributed by atoms with van der Waals surface area (Å²) in [6, 6.07) is 0. The Balaban J connectivity index is 3.46. The van der Waals surface area contributed by atoms with Gasteiger partial charge in [0.2, 0.25) is 0 Å². The molecular formula is C15H32O2. The topological polar surface area (TPSA) is 40.5 Å². The predicted molar refractivity (Wildman–Crippen MR) is 74.1 cm³/mol. The van der Waals surface area contributed by atoms with Crippen molar-refractivity contribution >= 4 is 0 Å². The Hall–Kier alpha value is -0.0800. The lowest BCUT2D eigenvalue weighted by atomic mass is 9.83. The van der Waals surface area contributed by atoms with Gasteiger partial charge in [0.05, 0.1) is 11.2 Å². The Morgan fingerprint density at radius 1 is 0.706 bits per heavy atom. The summed E-state index contributed by atoms with van der Waals surface area (Å²) in [7, 11) is 0. The zero-order valence-electron chi connectivity index (χ0n) is 12.3. The molecule has 0 rings (SSSR count). The maximum absolute atomic E-state index is 10.1. The van der Waals surface area contributed by atoms with Crippen molar-refractivity contribution < 1.29 is 10.2 Å². The van der Waals surface area contributed by atoms with Gasteiger partial charge in [0.1, 0.15) is 0 Å². The molecule has 0 amide bonds. The van der Waals surface area contributed by atoms with Gasteiger partial charge in [-0.3, -0.25) is 0 Å². The smallest absolute Gasteiger partial charge is 0.0900 e. The van der Waals surface area contributed by atoms with E-state index < -0.39 is 11.2 Å². The van der Waals surface area contributed by atoms with Crippen LogP contribution in [0.1, 0.15) is 85.5 Å². The van der Waals surface area contributed by atoms with Crippen molar-refractivity contribution in [1.29, 1.82) is 0 Å². The molecule has 0 aromatic heterocycles. The minimum atomic E-state index is -1.01. The number of unbranched alkanes of at least 4 members (excludes halogenated alkanes) is 7. The maximum Gasteiger partial charge on any atom is 0.0900 e. The Bertz CT molecular complexity index is 180. The largest absolute Gasteiger partial charge is 0.387 e. The van der Waals surface area contributed by atoms with Crippen LogP contribution in [0.2, 0.25) is 0 Å². The molecule has 2 N–H and O–H groups in total. The minimum absolute atomic E-state index is 0.686. The molecule has 1 atom stereocenters. The molecule has 1 unspecified atom stereocenters. The highest BCUT2D eigenvalue weighted by Gasteiger charge is 2.36. The monoisotopic (exact) mass is 244 g/mol. The molecule has 0 bridgehead atoms. The van der Waals surface area contributed by atoms with Crippen LogP contribution in [0.4, 0.5) is 0 Å². The lowest BCUT2D eigenvalue weighted by Gasteiger charge is -2.35. The van der Waals surface area contributed by atoms with Crippen molar-refractivity contribution in [1.82, 2.24) is 0 Å². The van der Waals surface area contributed by atoms with Gasteiger partial charge in [-0.1, -0.05) is 58.3 Å². The second-order valence-electron chi connectivity index (χ2n) is 6.06. The fourth-order valence-electron chi connectivity index (χ4n) is 1.91. The first kappa shape index (κ1) is 16.9. The van der Waals surface area contributed by atoms with E-state index in [-0.39, 0.29) is 0 Å². The molecule has 0 heterocycles. The van der Waals surface area contributed by atoms with Crippen LogP contribution < -0.4 is 0 Å². The number of aliphatic hydroxyl groups is 2. The summed E-state index contributed by atoms with van der Waals surface area (Å²) < 4.78 is 0. The molecule has 0 spiro atoms. The lowest BCUT2D eigenvalue weighted by Crippen LogP contribution is -2.47. The fourth-order valence-corrected chi connectivity index (χ4v) is 1.91. The molecule has 0 saturated carbocycles. The summed E-state index contributed by atoms with van der Waals surface area (Å²) in [4.78, 5) is 0. The fraction of sp³-hybridized carbons (Fsp3) is 1.00. The van der Waals surface area contributed by atoms with Crippen molar-refractivity contribution in [2.75, 3.05) is 0 Å². The van der Waals surface area contributed by atoms with Crippen LogP contribution >= 0.6 is 0 Å². The van der Waals surface area contributed by atoms with Gasteiger partial charge in [-0.05, 0) is 27.2 Å². The molecule has 0 aliphatic heterocycles. The van der Waals surface area contributed by atoms with Crippen LogP contribution in [0, 0.1) is 0 Å². The highest BCUT2D eigenvalue weighted by molar-refractivity contribution is 4.89. The highest BCUT2D eigenvalue weighted by Crippen LogP contribution is 2.27. The van der Waals surface area contributed by atoms with Crippen molar-refractivity contribution in [2.24, 2.45) is 0 Å². The van der Waals surface area contributed by atoms with Crippen molar-refractivity contribution in [3.63, 3.8) is 0 Å². The summed E-state index contributed by atoms with van der Waals surface area (Å²) in [6.07, 6.45) is 10.8. The summed E-state index contributed by atoms with van der Waals surface area (Å²) >= 11 is 0. The molecule has 0 aromatic rings. The van der Waals surface area contributed by atoms with Crippen LogP contribution in [0.15, 0.2) is 0 Å². The molecule has 2 heteroatoms. The third kappa shape index (κ3) is 7.77. The lowest BCUT2D eigenvalue weighted by molar-refractivity contribution is -0.124. The third-order valence-electron chi connectivity index (χ3n) is 3.84. The summed E-state index contributed by atoms with van der Waals surface area (Å²) in [5, 5.41) is 19.9. The van der Waals surface area contributed by atoms with E-state index in [1.54, 1.807) is 20.8 Å². The normalized spacial score (nSPS) is 15.9. The standard InChI is InChI=1S/C15H32O2/c1-5-6-7-8-9-10-11-12-13-15(4,17)14(2,3)16/h16-17H,5-13H2,1-4H3. The van der Waals surface area contributed by atoms with Gasteiger partial charge >= 0.3 is 0 Å². The highest BCUT2D eigenvalue weighted by atomic mass is 16.3. The Morgan fingerprint density at radius 3 is 1.53 bits per heavy atom. The molecular weight excluding hydrogens is 212 g/mol. The first-order chi connectivity index (χ1) is 7.81. The number of rotatable bonds is 10. The third-order valence-corrected chi connectivity index (χ3v) is 3.84. The van der Waals surface area contributed by atoms with Gasteiger partial charge in [0, 0.05) is 0 Å². The summed E-state index contributed by atoms with van der Waals surface area (Å²) in [5.74, 6) is 0. The summed E-state index contributed by atoms with van der Waals surface area (Å²) in [6.45, 7) is 7.32. The maximum atomic E-state index is 10.1. The van der Waals surface area contributed by atoms with Crippen molar-refractivity contribution in [3.8, 4) is 0 Å². The Morgan fingerprint density at radius 2 is 1.12 bits per heavy atom. The quantitative estimate of drug-likeness (QED) is 0.569. The SMILES string of the molecule is CCCCCCCCCCC(C)(O)C(C)(C)O. The van der Waals surface area contributed by atoms with Gasteiger partial charge < -0.3 is 10.2 Å². The first-order valence-electron chi connectivity index (χ1n) is 7.26. The second-order valence-corrected chi connectivity index (χ2v) is 6.06. The van der Waals surface area contributed by atoms with E-state index >= 15 is 0 Å². The molecule has 0 saturated heterocycles. The van der Waals surface area contributed by atoms with E-state index in [0.29, 0.717) is 6.42 Å². The number of hydrogen-bond acceptors (Lipinski definition) is 2. The molecule has 0 aliphatic rings. The molecule has 17 heavy (non-hydrogen) atoms. The molecule has 104 valence electrons. The van der Waals surface area contributed by atoms with E-state index in [2.05, 4.69) is 6.92 Å². The molecule has 0 radical (unpaired) electrons. The zero-order chi connectivity index (χ0) is 13.4. The van der Waals surface area contributed by atoms with Crippen LogP contribution in [-0.2, 0) is 0 Å². The van der Waals surface area contributed by atoms with Crippen LogP contribution in [0.25, 0.3) is 0 Å². The first-order valence-corrected chi connectivity index (χ1v) is 7.26. The van der Waals surface area contributed by atoms with Crippen LogP contribution in [-0.4, -0.2) is 21.4 Å². The summed E-state index contributed by atoms with van der Waals surface area (Å²) in [5.41, 5.74) is -1.97. The van der Waals surface area contributed by atoms with Gasteiger partial charge in [-0.2, -0.15) is 0 Å². The minimum Gasteiger partial charge on any atom is -0.387 e. The zero-order valence-corrected chi connectivity index (χ0v) is 12.3. The van der Waals surface area contributed by atoms with Gasteiger partial charge in [-0.15, -0.1) is 0 Å². The Labute approximate surface area is 107 Å². The van der Waals surface area contributed by atoms with E-state index in [0.717, 1.165) is 6.42 Å². The van der Waals surface area contributed by atoms with Crippen molar-refractivity contribution in [2.45, 2.75) is 96.7 Å². The van der Waals surface area contributed by atoms with E-state index in [1.165, 1.54) is 44.9 Å². The van der Waals surface area contributed by atoms with Crippen molar-refractivity contribution in [3.05, 3.63) is 0 Å². The predicted octanol–water partition coefficient (Wildman–Crippen LogP) is 4.04. The molecule has 0 aromatic carbocycles. The second kappa shape index (κ2) is 8.10. The van der Waals surface area contributed by atoms with E-state index in [9.17, 15) is 10.2 Å². The Kier molecular flexibility index (Phi) is 8.06. The number of hydrogen-bond donors (Lipinski definition) is 2. The van der Waals surface area contributed by atoms with E-state index in [4.69, 9.17) is 0 Å². The average Bonchev–Trinajstić information content (AvgIpc) is 2.20. The van der Waals surface area contributed by atoms with E-state index in [1.807, 2.05) is 0 Å².